The van der Waals surface area contributed by atoms with Gasteiger partial charge in [-0.25, -0.2) is 9.97 Å². The molecule has 1 aromatic heterocycles. The summed E-state index contributed by atoms with van der Waals surface area (Å²) in [4.78, 5) is 19.6. The van der Waals surface area contributed by atoms with Gasteiger partial charge < -0.3 is 5.32 Å². The van der Waals surface area contributed by atoms with Gasteiger partial charge in [0.15, 0.2) is 0 Å². The van der Waals surface area contributed by atoms with Crippen molar-refractivity contribution in [2.75, 3.05) is 6.54 Å². The molecule has 4 heteroatoms. The first-order chi connectivity index (χ1) is 9.34. The predicted molar refractivity (Wildman–Crippen MR) is 73.5 cm³/mol. The fourth-order valence-electron chi connectivity index (χ4n) is 1.79. The fraction of sp³-hybridized carbons (Fsp3) is 0.267. The normalized spacial score (nSPS) is 10.1. The second kappa shape index (κ2) is 7.26. The van der Waals surface area contributed by atoms with Crippen LogP contribution in [0.4, 0.5) is 0 Å². The van der Waals surface area contributed by atoms with Gasteiger partial charge in [-0.1, -0.05) is 30.3 Å². The van der Waals surface area contributed by atoms with Crippen LogP contribution in [0.25, 0.3) is 0 Å². The summed E-state index contributed by atoms with van der Waals surface area (Å²) >= 11 is 0. The SMILES string of the molecule is O=C(CCc1ccccc1)NCCc1ccncn1. The number of hydrogen-bond donors (Lipinski definition) is 1. The number of rotatable bonds is 6. The summed E-state index contributed by atoms with van der Waals surface area (Å²) in [7, 11) is 0. The van der Waals surface area contributed by atoms with E-state index in [1.165, 1.54) is 11.9 Å². The molecule has 19 heavy (non-hydrogen) atoms. The van der Waals surface area contributed by atoms with Crippen LogP contribution < -0.4 is 5.32 Å². The van der Waals surface area contributed by atoms with Crippen molar-refractivity contribution in [2.24, 2.45) is 0 Å². The maximum atomic E-state index is 11.7. The van der Waals surface area contributed by atoms with Crippen LogP contribution in [0.3, 0.4) is 0 Å². The lowest BCUT2D eigenvalue weighted by molar-refractivity contribution is -0.121. The molecule has 0 bridgehead atoms. The third-order valence-electron chi connectivity index (χ3n) is 2.83. The van der Waals surface area contributed by atoms with E-state index >= 15 is 0 Å². The van der Waals surface area contributed by atoms with Crippen LogP contribution in [0.15, 0.2) is 48.9 Å². The Morgan fingerprint density at radius 1 is 1.11 bits per heavy atom. The van der Waals surface area contributed by atoms with Crippen molar-refractivity contribution >= 4 is 5.91 Å². The standard InChI is InChI=1S/C15H17N3O/c19-15(7-6-13-4-2-1-3-5-13)17-11-9-14-8-10-16-12-18-14/h1-5,8,10,12H,6-7,9,11H2,(H,17,19). The second-order valence-corrected chi connectivity index (χ2v) is 4.29. The molecule has 2 rings (SSSR count). The van der Waals surface area contributed by atoms with Crippen molar-refractivity contribution in [3.63, 3.8) is 0 Å². The zero-order valence-corrected chi connectivity index (χ0v) is 10.7. The zero-order chi connectivity index (χ0) is 13.3. The van der Waals surface area contributed by atoms with E-state index in [0.29, 0.717) is 13.0 Å². The lowest BCUT2D eigenvalue weighted by Crippen LogP contribution is -2.26. The first-order valence-corrected chi connectivity index (χ1v) is 6.40. The first kappa shape index (κ1) is 13.2. The Labute approximate surface area is 112 Å². The molecular formula is C15H17N3O. The summed E-state index contributed by atoms with van der Waals surface area (Å²) in [6.07, 6.45) is 5.26. The smallest absolute Gasteiger partial charge is 0.220 e. The highest BCUT2D eigenvalue weighted by molar-refractivity contribution is 5.76. The predicted octanol–water partition coefficient (Wildman–Crippen LogP) is 1.77. The molecule has 1 N–H and O–H groups in total. The van der Waals surface area contributed by atoms with E-state index in [1.54, 1.807) is 6.20 Å². The first-order valence-electron chi connectivity index (χ1n) is 6.40. The highest BCUT2D eigenvalue weighted by Crippen LogP contribution is 2.02. The van der Waals surface area contributed by atoms with E-state index in [-0.39, 0.29) is 5.91 Å². The summed E-state index contributed by atoms with van der Waals surface area (Å²) in [5.41, 5.74) is 2.13. The summed E-state index contributed by atoms with van der Waals surface area (Å²) in [6, 6.07) is 11.9. The van der Waals surface area contributed by atoms with Gasteiger partial charge in [0.05, 0.1) is 0 Å². The summed E-state index contributed by atoms with van der Waals surface area (Å²) in [6.45, 7) is 0.616. The molecule has 0 unspecified atom stereocenters. The van der Waals surface area contributed by atoms with Crippen molar-refractivity contribution < 1.29 is 4.79 Å². The number of aryl methyl sites for hydroxylation is 1. The average Bonchev–Trinajstić information content (AvgIpc) is 2.47. The number of nitrogens with zero attached hydrogens (tertiary/aromatic N) is 2. The Morgan fingerprint density at radius 2 is 1.95 bits per heavy atom. The molecule has 0 radical (unpaired) electrons. The number of carbonyl (C=O) groups excluding carboxylic acids is 1. The van der Waals surface area contributed by atoms with E-state index in [0.717, 1.165) is 18.5 Å². The molecule has 4 nitrogen and oxygen atoms in total. The van der Waals surface area contributed by atoms with Crippen LogP contribution in [-0.2, 0) is 17.6 Å². The molecule has 98 valence electrons. The minimum absolute atomic E-state index is 0.0814. The summed E-state index contributed by atoms with van der Waals surface area (Å²) in [5.74, 6) is 0.0814. The third-order valence-corrected chi connectivity index (χ3v) is 2.83. The van der Waals surface area contributed by atoms with Crippen LogP contribution in [0, 0.1) is 0 Å². The topological polar surface area (TPSA) is 54.9 Å². The van der Waals surface area contributed by atoms with Gasteiger partial charge in [-0.2, -0.15) is 0 Å². The van der Waals surface area contributed by atoms with Gasteiger partial charge in [0, 0.05) is 31.3 Å². The quantitative estimate of drug-likeness (QED) is 0.856. The van der Waals surface area contributed by atoms with E-state index in [2.05, 4.69) is 15.3 Å². The molecule has 0 aliphatic rings. The van der Waals surface area contributed by atoms with Crippen LogP contribution in [0.2, 0.25) is 0 Å². The van der Waals surface area contributed by atoms with E-state index in [1.807, 2.05) is 36.4 Å². The molecule has 1 heterocycles. The van der Waals surface area contributed by atoms with Crippen LogP contribution in [0.1, 0.15) is 17.7 Å². The molecule has 1 amide bonds. The maximum Gasteiger partial charge on any atom is 0.220 e. The maximum absolute atomic E-state index is 11.7. The van der Waals surface area contributed by atoms with Crippen molar-refractivity contribution in [1.29, 1.82) is 0 Å². The Hall–Kier alpha value is -2.23. The van der Waals surface area contributed by atoms with Crippen LogP contribution in [-0.4, -0.2) is 22.4 Å². The minimum Gasteiger partial charge on any atom is -0.356 e. The lowest BCUT2D eigenvalue weighted by atomic mass is 10.1. The van der Waals surface area contributed by atoms with Crippen molar-refractivity contribution in [3.8, 4) is 0 Å². The number of nitrogens with one attached hydrogen (secondary N) is 1. The molecule has 0 aliphatic heterocycles. The number of amides is 1. The summed E-state index contributed by atoms with van der Waals surface area (Å²) < 4.78 is 0. The minimum atomic E-state index is 0.0814. The van der Waals surface area contributed by atoms with E-state index in [9.17, 15) is 4.79 Å². The van der Waals surface area contributed by atoms with Gasteiger partial charge in [0.2, 0.25) is 5.91 Å². The average molecular weight is 255 g/mol. The number of hydrogen-bond acceptors (Lipinski definition) is 3. The molecule has 0 saturated carbocycles. The Kier molecular flexibility index (Phi) is 5.05. The largest absolute Gasteiger partial charge is 0.356 e. The Bertz CT molecular complexity index is 499. The van der Waals surface area contributed by atoms with Gasteiger partial charge in [-0.15, -0.1) is 0 Å². The Balaban J connectivity index is 1.65. The van der Waals surface area contributed by atoms with E-state index in [4.69, 9.17) is 0 Å². The van der Waals surface area contributed by atoms with Gasteiger partial charge in [-0.05, 0) is 18.1 Å². The highest BCUT2D eigenvalue weighted by atomic mass is 16.1. The number of carbonyl (C=O) groups is 1. The molecule has 0 aliphatic carbocycles. The van der Waals surface area contributed by atoms with Crippen molar-refractivity contribution in [2.45, 2.75) is 19.3 Å². The van der Waals surface area contributed by atoms with Gasteiger partial charge in [0.25, 0.3) is 0 Å². The van der Waals surface area contributed by atoms with E-state index < -0.39 is 0 Å². The highest BCUT2D eigenvalue weighted by Gasteiger charge is 2.02. The lowest BCUT2D eigenvalue weighted by Gasteiger charge is -2.05. The molecule has 0 fully saturated rings. The van der Waals surface area contributed by atoms with Gasteiger partial charge >= 0.3 is 0 Å². The van der Waals surface area contributed by atoms with Crippen LogP contribution >= 0.6 is 0 Å². The second-order valence-electron chi connectivity index (χ2n) is 4.29. The fourth-order valence-corrected chi connectivity index (χ4v) is 1.79. The monoisotopic (exact) mass is 255 g/mol. The third kappa shape index (κ3) is 4.87. The molecule has 1 aromatic carbocycles. The van der Waals surface area contributed by atoms with Crippen molar-refractivity contribution in [1.82, 2.24) is 15.3 Å². The van der Waals surface area contributed by atoms with Gasteiger partial charge in [-0.3, -0.25) is 4.79 Å². The van der Waals surface area contributed by atoms with Crippen molar-refractivity contribution in [3.05, 3.63) is 60.2 Å². The van der Waals surface area contributed by atoms with Crippen LogP contribution in [0.5, 0.6) is 0 Å². The molecule has 0 spiro atoms. The number of benzene rings is 1. The Morgan fingerprint density at radius 3 is 2.68 bits per heavy atom. The molecule has 2 aromatic rings. The molecule has 0 atom stereocenters. The molecule has 0 saturated heterocycles. The van der Waals surface area contributed by atoms with Gasteiger partial charge in [0.1, 0.15) is 6.33 Å². The zero-order valence-electron chi connectivity index (χ0n) is 10.7. The molecular weight excluding hydrogens is 238 g/mol. The number of aromatic nitrogens is 2. The summed E-state index contributed by atoms with van der Waals surface area (Å²) in [5, 5.41) is 2.90.